The minimum atomic E-state index is -1.40. The molecule has 1 fully saturated rings. The fourth-order valence-corrected chi connectivity index (χ4v) is 5.51. The van der Waals surface area contributed by atoms with Crippen LogP contribution < -0.4 is 32.4 Å². The van der Waals surface area contributed by atoms with Gasteiger partial charge in [0.15, 0.2) is 0 Å². The number of nitrogens with zero attached hydrogens (tertiary/aromatic N) is 6. The fourth-order valence-electron chi connectivity index (χ4n) is 4.88. The number of piperazine rings is 1. The number of fused-ring (bicyclic) bond motifs is 1. The molecule has 3 aromatic rings. The molecule has 0 N–H and O–H groups in total. The van der Waals surface area contributed by atoms with Crippen LogP contribution in [0.3, 0.4) is 0 Å². The third kappa shape index (κ3) is 4.66. The van der Waals surface area contributed by atoms with Crippen molar-refractivity contribution in [3.8, 4) is 6.07 Å². The Morgan fingerprint density at radius 1 is 1.21 bits per heavy atom. The molecule has 0 saturated carbocycles. The molecule has 0 aliphatic carbocycles. The topological polar surface area (TPSA) is 78.0 Å². The Bertz CT molecular complexity index is 1270. The zero-order chi connectivity index (χ0) is 24.4. The number of aromatic nitrogens is 3. The maximum atomic E-state index is 13.1. The second-order valence-electron chi connectivity index (χ2n) is 8.89. The van der Waals surface area contributed by atoms with Crippen molar-refractivity contribution in [2.75, 3.05) is 18.0 Å². The normalized spacial score (nSPS) is 19.9. The molecule has 0 radical (unpaired) electrons. The van der Waals surface area contributed by atoms with Crippen molar-refractivity contribution >= 4 is 16.9 Å². The molecule has 0 amide bonds. The van der Waals surface area contributed by atoms with Crippen LogP contribution in [0, 0.1) is 14.9 Å². The number of rotatable bonds is 6. The molecule has 3 heterocycles. The number of aryl methyl sites for hydroxylation is 1. The first-order chi connectivity index (χ1) is 16.4. The van der Waals surface area contributed by atoms with Gasteiger partial charge in [-0.05, 0) is 12.1 Å². The van der Waals surface area contributed by atoms with Crippen LogP contribution in [0.5, 0.6) is 0 Å². The average molecular weight is 575 g/mol. The molecule has 1 saturated heterocycles. The summed E-state index contributed by atoms with van der Waals surface area (Å²) in [6, 6.07) is 13.9. The van der Waals surface area contributed by atoms with Crippen LogP contribution in [0.4, 0.5) is 8.68 Å². The van der Waals surface area contributed by atoms with Gasteiger partial charge in [0.05, 0.1) is 0 Å². The van der Waals surface area contributed by atoms with Gasteiger partial charge in [-0.1, -0.05) is 0 Å². The van der Waals surface area contributed by atoms with E-state index >= 15 is 0 Å². The number of anilines is 1. The summed E-state index contributed by atoms with van der Waals surface area (Å²) in [6.45, 7) is 8.02. The molecule has 180 valence electrons. The van der Waals surface area contributed by atoms with E-state index in [0.717, 1.165) is 23.0 Å². The number of pyridine rings is 1. The maximum absolute atomic E-state index is 13.1. The van der Waals surface area contributed by atoms with Gasteiger partial charge in [-0.25, -0.2) is 4.79 Å². The monoisotopic (exact) mass is 575 g/mol. The first-order valence-corrected chi connectivity index (χ1v) is 13.4. The van der Waals surface area contributed by atoms with Crippen LogP contribution in [0.2, 0.25) is 0 Å². The molecule has 0 spiro atoms. The van der Waals surface area contributed by atoms with E-state index in [9.17, 15) is 12.9 Å². The van der Waals surface area contributed by atoms with Crippen molar-refractivity contribution in [3.05, 3.63) is 61.7 Å². The van der Waals surface area contributed by atoms with E-state index in [1.807, 2.05) is 24.3 Å². The second-order valence-corrected chi connectivity index (χ2v) is 10.5. The SMILES string of the molecule is CCCC1CN(c2nc(=O)n(C)c3ccc(C#N)nc23)C(C)CN1C(C)c1ccc([I-]F)cc1. The predicted molar refractivity (Wildman–Crippen MR) is 126 cm³/mol. The molecule has 4 rings (SSSR count). The molecule has 9 heteroatoms. The molecule has 34 heavy (non-hydrogen) atoms. The first-order valence-electron chi connectivity index (χ1n) is 11.5. The van der Waals surface area contributed by atoms with E-state index in [0.29, 0.717) is 29.1 Å². The Hall–Kier alpha value is -2.58. The third-order valence-corrected chi connectivity index (χ3v) is 7.95. The van der Waals surface area contributed by atoms with Gasteiger partial charge in [-0.3, -0.25) is 4.57 Å². The fraction of sp³-hybridized carbons (Fsp3) is 0.440. The molecule has 1 aliphatic heterocycles. The standard InChI is InChI=1S/C25H29FIN6O/c1-5-6-21-15-32(16(2)14-33(21)17(3)18-7-9-19(27-26)10-8-18)24-23-22(31(4)25(34)30-24)12-11-20(13-28)29-23/h7-12,16-17,21H,5-6,14-15H2,1-4H3/q-1. The van der Waals surface area contributed by atoms with Crippen LogP contribution in [0.15, 0.2) is 41.2 Å². The minimum absolute atomic E-state index is 0.0851. The molecule has 7 nitrogen and oxygen atoms in total. The second kappa shape index (κ2) is 10.4. The quantitative estimate of drug-likeness (QED) is 0.405. The zero-order valence-electron chi connectivity index (χ0n) is 19.9. The summed E-state index contributed by atoms with van der Waals surface area (Å²) in [5.41, 5.74) is 2.40. The van der Waals surface area contributed by atoms with Gasteiger partial charge in [-0.2, -0.15) is 5.26 Å². The molecule has 2 aromatic heterocycles. The Kier molecular flexibility index (Phi) is 7.48. The van der Waals surface area contributed by atoms with E-state index in [1.54, 1.807) is 19.2 Å². The number of hydrogen-bond acceptors (Lipinski definition) is 6. The van der Waals surface area contributed by atoms with Crippen LogP contribution in [-0.4, -0.2) is 44.6 Å². The molecule has 1 aromatic carbocycles. The molecule has 0 bridgehead atoms. The van der Waals surface area contributed by atoms with E-state index in [4.69, 9.17) is 0 Å². The number of benzene rings is 1. The predicted octanol–water partition coefficient (Wildman–Crippen LogP) is 0.784. The molecule has 3 atom stereocenters. The number of nitriles is 1. The Morgan fingerprint density at radius 3 is 2.59 bits per heavy atom. The number of hydrogen-bond donors (Lipinski definition) is 0. The van der Waals surface area contributed by atoms with Gasteiger partial charge in [0, 0.05) is 7.05 Å². The van der Waals surface area contributed by atoms with Gasteiger partial charge >= 0.3 is 165 Å². The van der Waals surface area contributed by atoms with E-state index in [1.165, 1.54) is 10.1 Å². The molecular formula is C25H29FIN6O-. The average Bonchev–Trinajstić information content (AvgIpc) is 2.86. The van der Waals surface area contributed by atoms with Crippen molar-refractivity contribution < 1.29 is 24.6 Å². The van der Waals surface area contributed by atoms with Gasteiger partial charge in [-0.15, -0.1) is 0 Å². The van der Waals surface area contributed by atoms with Gasteiger partial charge in [0.2, 0.25) is 0 Å². The summed E-state index contributed by atoms with van der Waals surface area (Å²) < 4.78 is 15.4. The van der Waals surface area contributed by atoms with Crippen LogP contribution >= 0.6 is 0 Å². The van der Waals surface area contributed by atoms with Crippen molar-refractivity contribution in [1.82, 2.24) is 19.4 Å². The van der Waals surface area contributed by atoms with Crippen LogP contribution in [-0.2, 0) is 7.05 Å². The zero-order valence-corrected chi connectivity index (χ0v) is 22.0. The summed E-state index contributed by atoms with van der Waals surface area (Å²) in [4.78, 5) is 26.3. The van der Waals surface area contributed by atoms with Gasteiger partial charge < -0.3 is 0 Å². The van der Waals surface area contributed by atoms with Crippen LogP contribution in [0.1, 0.15) is 50.9 Å². The Labute approximate surface area is 210 Å². The summed E-state index contributed by atoms with van der Waals surface area (Å²) in [5.74, 6) is 0.548. The van der Waals surface area contributed by atoms with Crippen molar-refractivity contribution in [3.63, 3.8) is 0 Å². The van der Waals surface area contributed by atoms with Crippen molar-refractivity contribution in [1.29, 1.82) is 5.26 Å². The van der Waals surface area contributed by atoms with Gasteiger partial charge in [0.1, 0.15) is 11.8 Å². The van der Waals surface area contributed by atoms with Crippen molar-refractivity contribution in [2.24, 2.45) is 7.05 Å². The summed E-state index contributed by atoms with van der Waals surface area (Å²) in [6.07, 6.45) is 2.03. The molecule has 3 unspecified atom stereocenters. The van der Waals surface area contributed by atoms with Gasteiger partial charge in [0.25, 0.3) is 0 Å². The third-order valence-electron chi connectivity index (χ3n) is 6.76. The van der Waals surface area contributed by atoms with Crippen molar-refractivity contribution in [2.45, 2.75) is 51.7 Å². The van der Waals surface area contributed by atoms with E-state index < -0.39 is 21.8 Å². The summed E-state index contributed by atoms with van der Waals surface area (Å²) >= 11 is -1.40. The van der Waals surface area contributed by atoms with Crippen LogP contribution in [0.25, 0.3) is 11.0 Å². The molecule has 1 aliphatic rings. The summed E-state index contributed by atoms with van der Waals surface area (Å²) in [7, 11) is 1.67. The van der Waals surface area contributed by atoms with E-state index in [-0.39, 0.29) is 23.8 Å². The first kappa shape index (κ1) is 24.5. The Morgan fingerprint density at radius 2 is 1.94 bits per heavy atom. The van der Waals surface area contributed by atoms with E-state index in [2.05, 4.69) is 46.6 Å². The molecular weight excluding hydrogens is 546 g/mol. The summed E-state index contributed by atoms with van der Waals surface area (Å²) in [5, 5.41) is 9.38. The number of halogens is 2. The Balaban J connectivity index is 1.71.